The Balaban J connectivity index is 2.50. The predicted octanol–water partition coefficient (Wildman–Crippen LogP) is 1.79. The number of aliphatic hydroxyl groups excluding tert-OH is 1. The minimum Gasteiger partial charge on any atom is -0.398 e. The lowest BCUT2D eigenvalue weighted by atomic mass is 10.0. The van der Waals surface area contributed by atoms with Gasteiger partial charge in [0.2, 0.25) is 0 Å². The van der Waals surface area contributed by atoms with Gasteiger partial charge in [0.25, 0.3) is 0 Å². The van der Waals surface area contributed by atoms with Crippen molar-refractivity contribution >= 4 is 11.5 Å². The van der Waals surface area contributed by atoms with Crippen LogP contribution < -0.4 is 11.1 Å². The van der Waals surface area contributed by atoms with Crippen molar-refractivity contribution in [3.63, 3.8) is 0 Å². The van der Waals surface area contributed by atoms with Crippen molar-refractivity contribution in [3.8, 4) is 0 Å². The van der Waals surface area contributed by atoms with Gasteiger partial charge in [0.05, 0.1) is 0 Å². The largest absolute Gasteiger partial charge is 0.398 e. The Labute approximate surface area is 96.9 Å². The molecule has 1 atom stereocenters. The zero-order chi connectivity index (χ0) is 12.0. The first kappa shape index (κ1) is 12.8. The van der Waals surface area contributed by atoms with E-state index in [2.05, 4.69) is 17.2 Å². The molecule has 1 heterocycles. The first-order chi connectivity index (χ1) is 7.67. The lowest BCUT2D eigenvalue weighted by molar-refractivity contribution is 0.258. The summed E-state index contributed by atoms with van der Waals surface area (Å²) < 4.78 is 0. The van der Waals surface area contributed by atoms with Crippen LogP contribution in [0.1, 0.15) is 25.3 Å². The molecule has 16 heavy (non-hydrogen) atoms. The Morgan fingerprint density at radius 1 is 1.56 bits per heavy atom. The molecule has 0 bridgehead atoms. The number of nitrogens with two attached hydrogens (primary N) is 1. The van der Waals surface area contributed by atoms with Crippen molar-refractivity contribution < 1.29 is 5.11 Å². The number of pyridine rings is 1. The molecule has 1 unspecified atom stereocenters. The van der Waals surface area contributed by atoms with E-state index in [1.165, 1.54) is 0 Å². The van der Waals surface area contributed by atoms with Crippen LogP contribution in [0.3, 0.4) is 0 Å². The Kier molecular flexibility index (Phi) is 5.05. The lowest BCUT2D eigenvalue weighted by Crippen LogP contribution is -2.15. The van der Waals surface area contributed by atoms with Gasteiger partial charge < -0.3 is 16.2 Å². The van der Waals surface area contributed by atoms with Crippen LogP contribution in [0.25, 0.3) is 0 Å². The average Bonchev–Trinajstić information content (AvgIpc) is 2.28. The van der Waals surface area contributed by atoms with Gasteiger partial charge in [-0.05, 0) is 24.8 Å². The van der Waals surface area contributed by atoms with Gasteiger partial charge in [-0.25, -0.2) is 4.98 Å². The fourth-order valence-electron chi connectivity index (χ4n) is 1.52. The molecular formula is C12H21N3O. The molecule has 1 rings (SSSR count). The lowest BCUT2D eigenvalue weighted by Gasteiger charge is -2.15. The first-order valence-electron chi connectivity index (χ1n) is 5.74. The fourth-order valence-corrected chi connectivity index (χ4v) is 1.52. The van der Waals surface area contributed by atoms with Gasteiger partial charge in [0.15, 0.2) is 0 Å². The molecule has 0 saturated carbocycles. The monoisotopic (exact) mass is 223 g/mol. The van der Waals surface area contributed by atoms with E-state index in [4.69, 9.17) is 10.8 Å². The molecular weight excluding hydrogens is 202 g/mol. The molecule has 1 aromatic rings. The highest BCUT2D eigenvalue weighted by atomic mass is 16.3. The number of hydrogen-bond donors (Lipinski definition) is 3. The van der Waals surface area contributed by atoms with Crippen LogP contribution in [0.2, 0.25) is 0 Å². The maximum atomic E-state index is 8.88. The average molecular weight is 223 g/mol. The van der Waals surface area contributed by atoms with Crippen LogP contribution in [0.15, 0.2) is 12.3 Å². The zero-order valence-electron chi connectivity index (χ0n) is 10.0. The SMILES string of the molecule is CCC(CCO)CNc1cc(N)c(C)cn1. The normalized spacial score (nSPS) is 12.4. The van der Waals surface area contributed by atoms with E-state index in [1.54, 1.807) is 6.20 Å². The summed E-state index contributed by atoms with van der Waals surface area (Å²) in [5.41, 5.74) is 7.55. The molecule has 90 valence electrons. The highest BCUT2D eigenvalue weighted by Gasteiger charge is 2.06. The third-order valence-corrected chi connectivity index (χ3v) is 2.83. The minimum atomic E-state index is 0.240. The third kappa shape index (κ3) is 3.70. The standard InChI is InChI=1S/C12H21N3O/c1-3-10(4-5-16)8-15-12-6-11(13)9(2)7-14-12/h6-7,10,16H,3-5,8H2,1-2H3,(H3,13,14,15). The quantitative estimate of drug-likeness (QED) is 0.687. The number of aromatic nitrogens is 1. The Hall–Kier alpha value is -1.29. The second-order valence-electron chi connectivity index (χ2n) is 4.09. The second-order valence-corrected chi connectivity index (χ2v) is 4.09. The summed E-state index contributed by atoms with van der Waals surface area (Å²) in [6.45, 7) is 5.13. The molecule has 0 aliphatic carbocycles. The van der Waals surface area contributed by atoms with Gasteiger partial charge in [-0.15, -0.1) is 0 Å². The smallest absolute Gasteiger partial charge is 0.127 e. The Bertz CT molecular complexity index is 328. The molecule has 0 amide bonds. The van der Waals surface area contributed by atoms with Crippen LogP contribution in [0.4, 0.5) is 11.5 Å². The van der Waals surface area contributed by atoms with Crippen molar-refractivity contribution in [2.75, 3.05) is 24.2 Å². The molecule has 1 aromatic heterocycles. The number of rotatable bonds is 6. The summed E-state index contributed by atoms with van der Waals surface area (Å²) in [5, 5.41) is 12.1. The Morgan fingerprint density at radius 2 is 2.31 bits per heavy atom. The van der Waals surface area contributed by atoms with Gasteiger partial charge in [0, 0.05) is 31.1 Å². The fraction of sp³-hybridized carbons (Fsp3) is 0.583. The van der Waals surface area contributed by atoms with Gasteiger partial charge in [-0.1, -0.05) is 13.3 Å². The number of aliphatic hydroxyl groups is 1. The van der Waals surface area contributed by atoms with Crippen LogP contribution in [-0.4, -0.2) is 23.2 Å². The molecule has 4 N–H and O–H groups in total. The van der Waals surface area contributed by atoms with Gasteiger partial charge in [0.1, 0.15) is 5.82 Å². The van der Waals surface area contributed by atoms with E-state index >= 15 is 0 Å². The number of nitrogens with zero attached hydrogens (tertiary/aromatic N) is 1. The second kappa shape index (κ2) is 6.33. The maximum Gasteiger partial charge on any atom is 0.127 e. The van der Waals surface area contributed by atoms with Crippen LogP contribution >= 0.6 is 0 Å². The summed E-state index contributed by atoms with van der Waals surface area (Å²) in [6, 6.07) is 1.85. The summed E-state index contributed by atoms with van der Waals surface area (Å²) >= 11 is 0. The number of nitrogens with one attached hydrogen (secondary N) is 1. The summed E-state index contributed by atoms with van der Waals surface area (Å²) in [4.78, 5) is 4.25. The van der Waals surface area contributed by atoms with Gasteiger partial charge in [-0.2, -0.15) is 0 Å². The van der Waals surface area contributed by atoms with E-state index in [0.29, 0.717) is 5.92 Å². The van der Waals surface area contributed by atoms with E-state index in [-0.39, 0.29) is 6.61 Å². The minimum absolute atomic E-state index is 0.240. The predicted molar refractivity (Wildman–Crippen MR) is 67.4 cm³/mol. The number of anilines is 2. The molecule has 0 aliphatic heterocycles. The molecule has 0 radical (unpaired) electrons. The molecule has 4 heteroatoms. The van der Waals surface area contributed by atoms with Crippen LogP contribution in [0.5, 0.6) is 0 Å². The van der Waals surface area contributed by atoms with Gasteiger partial charge in [-0.3, -0.25) is 0 Å². The van der Waals surface area contributed by atoms with E-state index in [0.717, 1.165) is 36.5 Å². The summed E-state index contributed by atoms with van der Waals surface area (Å²) in [6.07, 6.45) is 3.64. The van der Waals surface area contributed by atoms with Gasteiger partial charge >= 0.3 is 0 Å². The Morgan fingerprint density at radius 3 is 2.88 bits per heavy atom. The summed E-state index contributed by atoms with van der Waals surface area (Å²) in [7, 11) is 0. The first-order valence-corrected chi connectivity index (χ1v) is 5.74. The number of hydrogen-bond acceptors (Lipinski definition) is 4. The topological polar surface area (TPSA) is 71.2 Å². The van der Waals surface area contributed by atoms with Crippen molar-refractivity contribution in [1.29, 1.82) is 0 Å². The number of nitrogen functional groups attached to an aromatic ring is 1. The third-order valence-electron chi connectivity index (χ3n) is 2.83. The molecule has 4 nitrogen and oxygen atoms in total. The molecule has 0 aromatic carbocycles. The summed E-state index contributed by atoms with van der Waals surface area (Å²) in [5.74, 6) is 1.29. The highest BCUT2D eigenvalue weighted by molar-refractivity contribution is 5.53. The molecule has 0 aliphatic rings. The van der Waals surface area contributed by atoms with Crippen molar-refractivity contribution in [1.82, 2.24) is 4.98 Å². The van der Waals surface area contributed by atoms with Crippen molar-refractivity contribution in [2.45, 2.75) is 26.7 Å². The van der Waals surface area contributed by atoms with E-state index in [9.17, 15) is 0 Å². The van der Waals surface area contributed by atoms with Crippen molar-refractivity contribution in [3.05, 3.63) is 17.8 Å². The van der Waals surface area contributed by atoms with Crippen LogP contribution in [0, 0.1) is 12.8 Å². The molecule has 0 saturated heterocycles. The molecule has 0 spiro atoms. The van der Waals surface area contributed by atoms with E-state index in [1.807, 2.05) is 13.0 Å². The highest BCUT2D eigenvalue weighted by Crippen LogP contribution is 2.15. The molecule has 0 fully saturated rings. The van der Waals surface area contributed by atoms with E-state index < -0.39 is 0 Å². The zero-order valence-corrected chi connectivity index (χ0v) is 10.0. The van der Waals surface area contributed by atoms with Crippen molar-refractivity contribution in [2.24, 2.45) is 5.92 Å². The maximum absolute atomic E-state index is 8.88. The van der Waals surface area contributed by atoms with Crippen LogP contribution in [-0.2, 0) is 0 Å². The number of aryl methyl sites for hydroxylation is 1.